The Balaban J connectivity index is 1.76. The van der Waals surface area contributed by atoms with Gasteiger partial charge in [0.2, 0.25) is 0 Å². The van der Waals surface area contributed by atoms with Gasteiger partial charge in [-0.1, -0.05) is 23.8 Å². The molecule has 2 rings (SSSR count). The summed E-state index contributed by atoms with van der Waals surface area (Å²) >= 11 is 0. The summed E-state index contributed by atoms with van der Waals surface area (Å²) in [6.45, 7) is 7.30. The van der Waals surface area contributed by atoms with Gasteiger partial charge in [0.1, 0.15) is 6.61 Å². The monoisotopic (exact) mass is 292 g/mol. The molecule has 0 radical (unpaired) electrons. The SMILES string of the molecule is Cc1ccc(C)c(COC(=O)C(C)OCC2CCCO2)c1. The number of hydrogen-bond donors (Lipinski definition) is 0. The molecule has 0 saturated carbocycles. The number of rotatable bonds is 6. The third-order valence-corrected chi connectivity index (χ3v) is 3.76. The number of esters is 1. The van der Waals surface area contributed by atoms with Crippen LogP contribution in [0.5, 0.6) is 0 Å². The lowest BCUT2D eigenvalue weighted by atomic mass is 10.1. The van der Waals surface area contributed by atoms with E-state index in [1.807, 2.05) is 32.0 Å². The molecule has 2 atom stereocenters. The van der Waals surface area contributed by atoms with Gasteiger partial charge in [-0.3, -0.25) is 0 Å². The first-order valence-corrected chi connectivity index (χ1v) is 7.52. The zero-order valence-electron chi connectivity index (χ0n) is 13.1. The van der Waals surface area contributed by atoms with Gasteiger partial charge in [0.15, 0.2) is 6.10 Å². The van der Waals surface area contributed by atoms with Crippen LogP contribution in [0.1, 0.15) is 36.5 Å². The molecule has 2 unspecified atom stereocenters. The Hall–Kier alpha value is -1.39. The summed E-state index contributed by atoms with van der Waals surface area (Å²) in [7, 11) is 0. The van der Waals surface area contributed by atoms with Crippen molar-refractivity contribution in [3.05, 3.63) is 34.9 Å². The summed E-state index contributed by atoms with van der Waals surface area (Å²) < 4.78 is 16.3. The summed E-state index contributed by atoms with van der Waals surface area (Å²) in [5, 5.41) is 0. The highest BCUT2D eigenvalue weighted by atomic mass is 16.6. The average molecular weight is 292 g/mol. The van der Waals surface area contributed by atoms with E-state index in [4.69, 9.17) is 14.2 Å². The van der Waals surface area contributed by atoms with Crippen molar-refractivity contribution in [3.8, 4) is 0 Å². The van der Waals surface area contributed by atoms with Gasteiger partial charge < -0.3 is 14.2 Å². The molecule has 0 aliphatic carbocycles. The molecule has 1 aliphatic heterocycles. The Morgan fingerprint density at radius 2 is 2.24 bits per heavy atom. The van der Waals surface area contributed by atoms with Crippen LogP contribution in [0.15, 0.2) is 18.2 Å². The standard InChI is InChI=1S/C17H24O4/c1-12-6-7-13(2)15(9-12)10-21-17(18)14(3)20-11-16-5-4-8-19-16/h6-7,9,14,16H,4-5,8,10-11H2,1-3H3. The minimum atomic E-state index is -0.556. The summed E-state index contributed by atoms with van der Waals surface area (Å²) in [5.74, 6) is -0.325. The van der Waals surface area contributed by atoms with Crippen LogP contribution >= 0.6 is 0 Å². The highest BCUT2D eigenvalue weighted by Crippen LogP contribution is 2.14. The van der Waals surface area contributed by atoms with Crippen LogP contribution in [-0.2, 0) is 25.6 Å². The first kappa shape index (κ1) is 16.0. The van der Waals surface area contributed by atoms with E-state index in [1.54, 1.807) is 6.92 Å². The molecule has 0 spiro atoms. The lowest BCUT2D eigenvalue weighted by Gasteiger charge is -2.16. The van der Waals surface area contributed by atoms with E-state index in [0.717, 1.165) is 36.1 Å². The molecule has 1 fully saturated rings. The number of benzene rings is 1. The van der Waals surface area contributed by atoms with Crippen molar-refractivity contribution in [2.45, 2.75) is 52.4 Å². The van der Waals surface area contributed by atoms with E-state index >= 15 is 0 Å². The maximum atomic E-state index is 11.9. The second-order valence-electron chi connectivity index (χ2n) is 5.65. The molecule has 1 aromatic rings. The van der Waals surface area contributed by atoms with E-state index < -0.39 is 6.10 Å². The van der Waals surface area contributed by atoms with Gasteiger partial charge in [0, 0.05) is 6.61 Å². The number of aryl methyl sites for hydroxylation is 2. The molecule has 1 aromatic carbocycles. The highest BCUT2D eigenvalue weighted by molar-refractivity contribution is 5.74. The fourth-order valence-corrected chi connectivity index (χ4v) is 2.32. The highest BCUT2D eigenvalue weighted by Gasteiger charge is 2.20. The minimum absolute atomic E-state index is 0.124. The van der Waals surface area contributed by atoms with Crippen LogP contribution in [-0.4, -0.2) is 31.4 Å². The van der Waals surface area contributed by atoms with Gasteiger partial charge in [-0.2, -0.15) is 0 Å². The van der Waals surface area contributed by atoms with Crippen LogP contribution in [0.3, 0.4) is 0 Å². The zero-order valence-corrected chi connectivity index (χ0v) is 13.1. The molecule has 0 bridgehead atoms. The van der Waals surface area contributed by atoms with Gasteiger partial charge in [0.25, 0.3) is 0 Å². The molecule has 4 nitrogen and oxygen atoms in total. The van der Waals surface area contributed by atoms with Crippen molar-refractivity contribution < 1.29 is 19.0 Å². The lowest BCUT2D eigenvalue weighted by molar-refractivity contribution is -0.159. The van der Waals surface area contributed by atoms with Crippen molar-refractivity contribution in [2.24, 2.45) is 0 Å². The summed E-state index contributed by atoms with van der Waals surface area (Å²) in [4.78, 5) is 11.9. The topological polar surface area (TPSA) is 44.8 Å². The Morgan fingerprint density at radius 1 is 1.43 bits per heavy atom. The van der Waals surface area contributed by atoms with Crippen molar-refractivity contribution in [1.82, 2.24) is 0 Å². The van der Waals surface area contributed by atoms with Gasteiger partial charge >= 0.3 is 5.97 Å². The summed E-state index contributed by atoms with van der Waals surface area (Å²) in [6, 6.07) is 6.13. The average Bonchev–Trinajstić information content (AvgIpc) is 2.98. The predicted molar refractivity (Wildman–Crippen MR) is 80.1 cm³/mol. The molecule has 0 aromatic heterocycles. The molecular formula is C17H24O4. The van der Waals surface area contributed by atoms with E-state index in [1.165, 1.54) is 0 Å². The summed E-state index contributed by atoms with van der Waals surface area (Å²) in [6.07, 6.45) is 1.64. The molecule has 0 N–H and O–H groups in total. The van der Waals surface area contributed by atoms with Crippen LogP contribution in [0, 0.1) is 13.8 Å². The van der Waals surface area contributed by atoms with Crippen LogP contribution in [0.4, 0.5) is 0 Å². The van der Waals surface area contributed by atoms with E-state index in [2.05, 4.69) is 0 Å². The van der Waals surface area contributed by atoms with Gasteiger partial charge in [0.05, 0.1) is 12.7 Å². The van der Waals surface area contributed by atoms with Crippen molar-refractivity contribution >= 4 is 5.97 Å². The van der Waals surface area contributed by atoms with Crippen LogP contribution in [0.25, 0.3) is 0 Å². The zero-order chi connectivity index (χ0) is 15.2. The lowest BCUT2D eigenvalue weighted by Crippen LogP contribution is -2.27. The Bertz CT molecular complexity index is 478. The first-order chi connectivity index (χ1) is 10.1. The van der Waals surface area contributed by atoms with Crippen molar-refractivity contribution in [1.29, 1.82) is 0 Å². The van der Waals surface area contributed by atoms with E-state index in [-0.39, 0.29) is 12.1 Å². The molecule has 21 heavy (non-hydrogen) atoms. The van der Waals surface area contributed by atoms with Crippen molar-refractivity contribution in [3.63, 3.8) is 0 Å². The van der Waals surface area contributed by atoms with Gasteiger partial charge in [-0.15, -0.1) is 0 Å². The van der Waals surface area contributed by atoms with Gasteiger partial charge in [-0.05, 0) is 44.7 Å². The number of ether oxygens (including phenoxy) is 3. The first-order valence-electron chi connectivity index (χ1n) is 7.52. The van der Waals surface area contributed by atoms with E-state index in [9.17, 15) is 4.79 Å². The third-order valence-electron chi connectivity index (χ3n) is 3.76. The molecule has 4 heteroatoms. The molecule has 116 valence electrons. The fraction of sp³-hybridized carbons (Fsp3) is 0.588. The van der Waals surface area contributed by atoms with Crippen LogP contribution in [0.2, 0.25) is 0 Å². The van der Waals surface area contributed by atoms with E-state index in [0.29, 0.717) is 13.2 Å². The van der Waals surface area contributed by atoms with Crippen molar-refractivity contribution in [2.75, 3.05) is 13.2 Å². The quantitative estimate of drug-likeness (QED) is 0.756. The Labute approximate surface area is 126 Å². The largest absolute Gasteiger partial charge is 0.459 e. The number of hydrogen-bond acceptors (Lipinski definition) is 4. The number of carbonyl (C=O) groups excluding carboxylic acids is 1. The normalized spacial score (nSPS) is 19.5. The molecule has 1 saturated heterocycles. The molecule has 1 aliphatic rings. The Kier molecular flexibility index (Phi) is 5.76. The van der Waals surface area contributed by atoms with Crippen LogP contribution < -0.4 is 0 Å². The maximum Gasteiger partial charge on any atom is 0.335 e. The minimum Gasteiger partial charge on any atom is -0.459 e. The smallest absolute Gasteiger partial charge is 0.335 e. The fourth-order valence-electron chi connectivity index (χ4n) is 2.32. The second-order valence-corrected chi connectivity index (χ2v) is 5.65. The predicted octanol–water partition coefficient (Wildman–Crippen LogP) is 2.93. The molecular weight excluding hydrogens is 268 g/mol. The summed E-state index contributed by atoms with van der Waals surface area (Å²) in [5.41, 5.74) is 3.32. The maximum absolute atomic E-state index is 11.9. The Morgan fingerprint density at radius 3 is 2.95 bits per heavy atom. The molecule has 0 amide bonds. The third kappa shape index (κ3) is 4.83. The van der Waals surface area contributed by atoms with Gasteiger partial charge in [-0.25, -0.2) is 4.79 Å². The number of carbonyl (C=O) groups is 1. The second kappa shape index (κ2) is 7.57. The molecule has 1 heterocycles.